The van der Waals surface area contributed by atoms with Crippen LogP contribution in [0.25, 0.3) is 0 Å². The third kappa shape index (κ3) is 1.38. The SMILES string of the molecule is OC1CNCC(O)C1F. The Morgan fingerprint density at radius 2 is 1.67 bits per heavy atom. The molecule has 0 aromatic heterocycles. The van der Waals surface area contributed by atoms with Crippen LogP contribution in [0.1, 0.15) is 0 Å². The molecule has 1 aliphatic rings. The van der Waals surface area contributed by atoms with Gasteiger partial charge in [0.2, 0.25) is 0 Å². The summed E-state index contributed by atoms with van der Waals surface area (Å²) in [6, 6.07) is 0. The summed E-state index contributed by atoms with van der Waals surface area (Å²) in [6.45, 7) is 0.469. The molecule has 0 bridgehead atoms. The molecular formula is C5H10FNO2. The molecule has 1 fully saturated rings. The van der Waals surface area contributed by atoms with Crippen LogP contribution in [0.15, 0.2) is 0 Å². The predicted molar refractivity (Wildman–Crippen MR) is 29.8 cm³/mol. The van der Waals surface area contributed by atoms with E-state index >= 15 is 0 Å². The van der Waals surface area contributed by atoms with Crippen LogP contribution in [0.2, 0.25) is 0 Å². The van der Waals surface area contributed by atoms with Crippen molar-refractivity contribution in [1.29, 1.82) is 0 Å². The highest BCUT2D eigenvalue weighted by Gasteiger charge is 2.29. The first-order chi connectivity index (χ1) is 4.22. The summed E-state index contributed by atoms with van der Waals surface area (Å²) in [4.78, 5) is 0. The Morgan fingerprint density at radius 3 is 2.00 bits per heavy atom. The van der Waals surface area contributed by atoms with Crippen molar-refractivity contribution in [1.82, 2.24) is 5.32 Å². The lowest BCUT2D eigenvalue weighted by Crippen LogP contribution is -2.51. The fourth-order valence-corrected chi connectivity index (χ4v) is 0.861. The van der Waals surface area contributed by atoms with Gasteiger partial charge in [-0.15, -0.1) is 0 Å². The normalized spacial score (nSPS) is 45.0. The summed E-state index contributed by atoms with van der Waals surface area (Å²) in [7, 11) is 0. The van der Waals surface area contributed by atoms with E-state index in [1.54, 1.807) is 0 Å². The van der Waals surface area contributed by atoms with Gasteiger partial charge in [0, 0.05) is 13.1 Å². The smallest absolute Gasteiger partial charge is 0.154 e. The maximum absolute atomic E-state index is 12.4. The van der Waals surface area contributed by atoms with Crippen LogP contribution in [0, 0.1) is 0 Å². The van der Waals surface area contributed by atoms with Gasteiger partial charge in [-0.2, -0.15) is 0 Å². The number of nitrogens with one attached hydrogen (secondary N) is 1. The molecule has 0 radical (unpaired) electrons. The standard InChI is InChI=1S/C5H10FNO2/c6-5-3(8)1-7-2-4(5)9/h3-5,7-9H,1-2H2. The Kier molecular flexibility index (Phi) is 2.00. The van der Waals surface area contributed by atoms with Crippen molar-refractivity contribution in [3.8, 4) is 0 Å². The highest BCUT2D eigenvalue weighted by Crippen LogP contribution is 2.07. The number of piperidine rings is 1. The first-order valence-corrected chi connectivity index (χ1v) is 2.92. The molecule has 3 N–H and O–H groups in total. The van der Waals surface area contributed by atoms with Crippen LogP contribution in [-0.4, -0.2) is 41.7 Å². The zero-order valence-corrected chi connectivity index (χ0v) is 4.92. The molecule has 0 amide bonds. The third-order valence-corrected chi connectivity index (χ3v) is 1.44. The lowest BCUT2D eigenvalue weighted by molar-refractivity contribution is -0.0306. The lowest BCUT2D eigenvalue weighted by atomic mass is 10.1. The number of rotatable bonds is 0. The number of hydrogen-bond acceptors (Lipinski definition) is 3. The lowest BCUT2D eigenvalue weighted by Gasteiger charge is -2.26. The van der Waals surface area contributed by atoms with Gasteiger partial charge >= 0.3 is 0 Å². The van der Waals surface area contributed by atoms with Gasteiger partial charge in [-0.05, 0) is 0 Å². The molecule has 0 aliphatic carbocycles. The van der Waals surface area contributed by atoms with Crippen LogP contribution >= 0.6 is 0 Å². The van der Waals surface area contributed by atoms with E-state index in [9.17, 15) is 4.39 Å². The molecule has 2 unspecified atom stereocenters. The average Bonchev–Trinajstić information content (AvgIpc) is 1.83. The Morgan fingerprint density at radius 1 is 1.22 bits per heavy atom. The fourth-order valence-electron chi connectivity index (χ4n) is 0.861. The van der Waals surface area contributed by atoms with Gasteiger partial charge in [0.15, 0.2) is 6.17 Å². The average molecular weight is 135 g/mol. The molecule has 54 valence electrons. The molecule has 2 atom stereocenters. The minimum absolute atomic E-state index is 0.234. The monoisotopic (exact) mass is 135 g/mol. The van der Waals surface area contributed by atoms with Crippen molar-refractivity contribution in [3.63, 3.8) is 0 Å². The van der Waals surface area contributed by atoms with Gasteiger partial charge in [0.25, 0.3) is 0 Å². The van der Waals surface area contributed by atoms with Crippen LogP contribution < -0.4 is 5.32 Å². The minimum Gasteiger partial charge on any atom is -0.389 e. The summed E-state index contributed by atoms with van der Waals surface area (Å²) in [5.74, 6) is 0. The number of halogens is 1. The van der Waals surface area contributed by atoms with Crippen molar-refractivity contribution in [3.05, 3.63) is 0 Å². The van der Waals surface area contributed by atoms with Gasteiger partial charge < -0.3 is 15.5 Å². The van der Waals surface area contributed by atoms with Gasteiger partial charge in [-0.25, -0.2) is 4.39 Å². The number of alkyl halides is 1. The summed E-state index contributed by atoms with van der Waals surface area (Å²) in [6.07, 6.45) is -3.58. The maximum atomic E-state index is 12.4. The molecule has 3 nitrogen and oxygen atoms in total. The second-order valence-electron chi connectivity index (χ2n) is 2.24. The van der Waals surface area contributed by atoms with Crippen LogP contribution in [-0.2, 0) is 0 Å². The number of hydrogen-bond donors (Lipinski definition) is 3. The molecule has 1 aliphatic heterocycles. The van der Waals surface area contributed by atoms with Gasteiger partial charge in [-0.3, -0.25) is 0 Å². The zero-order chi connectivity index (χ0) is 6.85. The Bertz CT molecular complexity index is 91.0. The van der Waals surface area contributed by atoms with E-state index in [0.29, 0.717) is 0 Å². The number of aliphatic hydroxyl groups is 2. The van der Waals surface area contributed by atoms with E-state index in [-0.39, 0.29) is 13.1 Å². The highest BCUT2D eigenvalue weighted by atomic mass is 19.1. The second kappa shape index (κ2) is 2.60. The summed E-state index contributed by atoms with van der Waals surface area (Å²) in [5.41, 5.74) is 0. The van der Waals surface area contributed by atoms with Crippen molar-refractivity contribution in [2.24, 2.45) is 0 Å². The number of β-amino-alcohol motifs (C(OH)–C–C–N with tert-alkyl or cyclic N) is 2. The summed E-state index contributed by atoms with van der Waals surface area (Å²) < 4.78 is 12.4. The van der Waals surface area contributed by atoms with E-state index in [1.165, 1.54) is 0 Å². The zero-order valence-electron chi connectivity index (χ0n) is 4.92. The molecule has 0 spiro atoms. The van der Waals surface area contributed by atoms with Crippen molar-refractivity contribution >= 4 is 0 Å². The number of aliphatic hydroxyl groups excluding tert-OH is 2. The predicted octanol–water partition coefficient (Wildman–Crippen LogP) is -1.35. The minimum atomic E-state index is -1.48. The molecule has 0 aromatic rings. The van der Waals surface area contributed by atoms with Gasteiger partial charge in [0.05, 0.1) is 0 Å². The first-order valence-electron chi connectivity index (χ1n) is 2.92. The topological polar surface area (TPSA) is 52.5 Å². The van der Waals surface area contributed by atoms with E-state index in [4.69, 9.17) is 10.2 Å². The molecule has 1 saturated heterocycles. The Labute approximate surface area is 52.5 Å². The molecular weight excluding hydrogens is 125 g/mol. The van der Waals surface area contributed by atoms with E-state index in [1.807, 2.05) is 0 Å². The van der Waals surface area contributed by atoms with Crippen molar-refractivity contribution < 1.29 is 14.6 Å². The Hall–Kier alpha value is -0.190. The van der Waals surface area contributed by atoms with Crippen LogP contribution in [0.5, 0.6) is 0 Å². The highest BCUT2D eigenvalue weighted by molar-refractivity contribution is 4.83. The molecule has 1 heterocycles. The maximum Gasteiger partial charge on any atom is 0.154 e. The van der Waals surface area contributed by atoms with E-state index < -0.39 is 18.4 Å². The molecule has 1 rings (SSSR count). The quantitative estimate of drug-likeness (QED) is 0.385. The molecule has 0 aromatic carbocycles. The van der Waals surface area contributed by atoms with Crippen LogP contribution in [0.3, 0.4) is 0 Å². The second-order valence-corrected chi connectivity index (χ2v) is 2.24. The molecule has 4 heteroatoms. The Balaban J connectivity index is 2.41. The summed E-state index contributed by atoms with van der Waals surface area (Å²) >= 11 is 0. The summed E-state index contributed by atoms with van der Waals surface area (Å²) in [5, 5.41) is 20.2. The molecule has 9 heavy (non-hydrogen) atoms. The van der Waals surface area contributed by atoms with E-state index in [2.05, 4.69) is 5.32 Å². The van der Waals surface area contributed by atoms with Crippen molar-refractivity contribution in [2.45, 2.75) is 18.4 Å². The van der Waals surface area contributed by atoms with Gasteiger partial charge in [0.1, 0.15) is 12.2 Å². The first kappa shape index (κ1) is 6.92. The third-order valence-electron chi connectivity index (χ3n) is 1.44. The fraction of sp³-hybridized carbons (Fsp3) is 1.00. The molecule has 0 saturated carbocycles. The van der Waals surface area contributed by atoms with E-state index in [0.717, 1.165) is 0 Å². The largest absolute Gasteiger partial charge is 0.389 e. The van der Waals surface area contributed by atoms with Crippen LogP contribution in [0.4, 0.5) is 4.39 Å². The van der Waals surface area contributed by atoms with Crippen molar-refractivity contribution in [2.75, 3.05) is 13.1 Å². The van der Waals surface area contributed by atoms with Gasteiger partial charge in [-0.1, -0.05) is 0 Å².